The standard InChI is InChI=1S/C13H15NO10S2/c1-9(15)23-11-3-2-10(8-12(11)26(19,20)21)24-13(16)4-6-25-7-5-22-14(17)18/h2-3,8H,4-7H2,1H3,(H,19,20,21). The molecule has 0 aliphatic carbocycles. The first kappa shape index (κ1) is 21.7. The van der Waals surface area contributed by atoms with Crippen molar-refractivity contribution in [2.45, 2.75) is 18.2 Å². The lowest BCUT2D eigenvalue weighted by Crippen LogP contribution is -2.11. The summed E-state index contributed by atoms with van der Waals surface area (Å²) in [6.07, 6.45) is -0.0456. The first-order chi connectivity index (χ1) is 12.1. The Kier molecular flexibility index (Phi) is 8.28. The number of nitrogens with zero attached hydrogens (tertiary/aromatic N) is 1. The fourth-order valence-corrected chi connectivity index (χ4v) is 2.94. The molecule has 1 aromatic carbocycles. The highest BCUT2D eigenvalue weighted by Crippen LogP contribution is 2.28. The number of benzene rings is 1. The van der Waals surface area contributed by atoms with Crippen molar-refractivity contribution in [3.05, 3.63) is 28.3 Å². The summed E-state index contributed by atoms with van der Waals surface area (Å²) in [5, 5.41) is 9.02. The van der Waals surface area contributed by atoms with Crippen molar-refractivity contribution in [1.82, 2.24) is 0 Å². The summed E-state index contributed by atoms with van der Waals surface area (Å²) in [7, 11) is -4.71. The van der Waals surface area contributed by atoms with Crippen LogP contribution in [0.1, 0.15) is 13.3 Å². The summed E-state index contributed by atoms with van der Waals surface area (Å²) < 4.78 is 41.5. The van der Waals surface area contributed by atoms with Gasteiger partial charge in [-0.25, -0.2) is 0 Å². The number of hydrogen-bond acceptors (Lipinski definition) is 10. The molecular weight excluding hydrogens is 394 g/mol. The van der Waals surface area contributed by atoms with E-state index in [9.17, 15) is 32.7 Å². The number of rotatable bonds is 10. The molecule has 1 N–H and O–H groups in total. The van der Waals surface area contributed by atoms with Crippen LogP contribution in [0.2, 0.25) is 0 Å². The zero-order chi connectivity index (χ0) is 19.7. The molecule has 144 valence electrons. The van der Waals surface area contributed by atoms with Crippen LogP contribution in [-0.2, 0) is 24.5 Å². The Bertz CT molecular complexity index is 777. The van der Waals surface area contributed by atoms with Crippen molar-refractivity contribution in [2.75, 3.05) is 18.1 Å². The van der Waals surface area contributed by atoms with Crippen LogP contribution in [0, 0.1) is 10.1 Å². The lowest BCUT2D eigenvalue weighted by molar-refractivity contribution is -0.756. The van der Waals surface area contributed by atoms with Crippen molar-refractivity contribution < 1.29 is 42.0 Å². The number of ether oxygens (including phenoxy) is 2. The molecule has 0 aliphatic rings. The zero-order valence-electron chi connectivity index (χ0n) is 13.4. The second-order valence-electron chi connectivity index (χ2n) is 4.57. The van der Waals surface area contributed by atoms with Crippen LogP contribution in [0.3, 0.4) is 0 Å². The maximum Gasteiger partial charge on any atom is 0.312 e. The molecule has 1 aromatic rings. The summed E-state index contributed by atoms with van der Waals surface area (Å²) in [6.45, 7) is 0.943. The van der Waals surface area contributed by atoms with Crippen LogP contribution in [0.5, 0.6) is 11.5 Å². The average molecular weight is 409 g/mol. The van der Waals surface area contributed by atoms with Crippen molar-refractivity contribution in [2.24, 2.45) is 0 Å². The normalized spacial score (nSPS) is 10.8. The van der Waals surface area contributed by atoms with Gasteiger partial charge in [-0.1, -0.05) is 0 Å². The van der Waals surface area contributed by atoms with E-state index in [0.29, 0.717) is 11.5 Å². The SMILES string of the molecule is CC(=O)Oc1ccc(OC(=O)CCSCCO[N+](=O)[O-])cc1S(=O)(=O)O. The minimum absolute atomic E-state index is 0.0456. The number of hydrogen-bond donors (Lipinski definition) is 1. The largest absolute Gasteiger partial charge is 0.426 e. The van der Waals surface area contributed by atoms with Gasteiger partial charge >= 0.3 is 11.9 Å². The van der Waals surface area contributed by atoms with Crippen LogP contribution in [0.15, 0.2) is 23.1 Å². The van der Waals surface area contributed by atoms with Gasteiger partial charge in [0, 0.05) is 24.5 Å². The molecule has 0 saturated heterocycles. The van der Waals surface area contributed by atoms with Crippen molar-refractivity contribution in [1.29, 1.82) is 0 Å². The van der Waals surface area contributed by atoms with Gasteiger partial charge in [0.2, 0.25) is 0 Å². The third-order valence-corrected chi connectivity index (χ3v) is 4.38. The van der Waals surface area contributed by atoms with Gasteiger partial charge in [0.05, 0.1) is 6.42 Å². The number of thioether (sulfide) groups is 1. The Morgan fingerprint density at radius 2 is 1.96 bits per heavy atom. The lowest BCUT2D eigenvalue weighted by atomic mass is 10.3. The first-order valence-corrected chi connectivity index (χ1v) is 9.54. The minimum atomic E-state index is -4.71. The van der Waals surface area contributed by atoms with E-state index in [0.717, 1.165) is 19.1 Å². The summed E-state index contributed by atoms with van der Waals surface area (Å²) in [5.41, 5.74) is 0. The van der Waals surface area contributed by atoms with Gasteiger partial charge in [-0.2, -0.15) is 20.2 Å². The molecular formula is C13H15NO10S2. The molecule has 13 heteroatoms. The second-order valence-corrected chi connectivity index (χ2v) is 7.19. The Balaban J connectivity index is 2.62. The molecule has 0 fully saturated rings. The van der Waals surface area contributed by atoms with Gasteiger partial charge in [-0.3, -0.25) is 14.1 Å². The van der Waals surface area contributed by atoms with Crippen LogP contribution in [0.25, 0.3) is 0 Å². The molecule has 0 spiro atoms. The van der Waals surface area contributed by atoms with Crippen molar-refractivity contribution >= 4 is 33.8 Å². The Labute approximate surface area is 152 Å². The molecule has 0 radical (unpaired) electrons. The molecule has 0 aromatic heterocycles. The van der Waals surface area contributed by atoms with Crippen LogP contribution < -0.4 is 9.47 Å². The molecule has 1 rings (SSSR count). The maximum absolute atomic E-state index is 11.7. The van der Waals surface area contributed by atoms with Gasteiger partial charge in [0.1, 0.15) is 17.3 Å². The van der Waals surface area contributed by atoms with E-state index in [2.05, 4.69) is 9.57 Å². The van der Waals surface area contributed by atoms with Gasteiger partial charge in [-0.05, 0) is 12.1 Å². The van der Waals surface area contributed by atoms with Gasteiger partial charge in [0.25, 0.3) is 15.2 Å². The molecule has 0 heterocycles. The highest BCUT2D eigenvalue weighted by Gasteiger charge is 2.20. The predicted molar refractivity (Wildman–Crippen MR) is 88.1 cm³/mol. The fraction of sp³-hybridized carbons (Fsp3) is 0.385. The zero-order valence-corrected chi connectivity index (χ0v) is 15.1. The third-order valence-electron chi connectivity index (χ3n) is 2.55. The smallest absolute Gasteiger partial charge is 0.312 e. The molecule has 0 atom stereocenters. The highest BCUT2D eigenvalue weighted by molar-refractivity contribution is 7.99. The number of carbonyl (C=O) groups excluding carboxylic acids is 2. The lowest BCUT2D eigenvalue weighted by Gasteiger charge is -2.09. The summed E-state index contributed by atoms with van der Waals surface area (Å²) in [4.78, 5) is 36.0. The number of esters is 2. The second kappa shape index (κ2) is 9.94. The van der Waals surface area contributed by atoms with E-state index >= 15 is 0 Å². The first-order valence-electron chi connectivity index (χ1n) is 6.95. The summed E-state index contributed by atoms with van der Waals surface area (Å²) in [5.74, 6) is -1.44. The Morgan fingerprint density at radius 3 is 2.54 bits per heavy atom. The highest BCUT2D eigenvalue weighted by atomic mass is 32.2. The molecule has 0 unspecified atom stereocenters. The van der Waals surface area contributed by atoms with E-state index in [1.54, 1.807) is 0 Å². The van der Waals surface area contributed by atoms with E-state index < -0.39 is 37.8 Å². The average Bonchev–Trinajstić information content (AvgIpc) is 2.50. The van der Waals surface area contributed by atoms with Crippen LogP contribution >= 0.6 is 11.8 Å². The van der Waals surface area contributed by atoms with Crippen molar-refractivity contribution in [3.63, 3.8) is 0 Å². The third kappa shape index (κ3) is 8.13. The number of carbonyl (C=O) groups is 2. The van der Waals surface area contributed by atoms with Crippen molar-refractivity contribution in [3.8, 4) is 11.5 Å². The monoisotopic (exact) mass is 409 g/mol. The molecule has 0 bridgehead atoms. The minimum Gasteiger partial charge on any atom is -0.426 e. The molecule has 0 aliphatic heterocycles. The molecule has 26 heavy (non-hydrogen) atoms. The Morgan fingerprint density at radius 1 is 1.27 bits per heavy atom. The van der Waals surface area contributed by atoms with E-state index in [4.69, 9.17) is 4.74 Å². The Hall–Kier alpha value is -2.38. The van der Waals surface area contributed by atoms with E-state index in [1.165, 1.54) is 17.8 Å². The summed E-state index contributed by atoms with van der Waals surface area (Å²) in [6, 6.07) is 3.11. The van der Waals surface area contributed by atoms with E-state index in [-0.39, 0.29) is 18.8 Å². The van der Waals surface area contributed by atoms with Gasteiger partial charge < -0.3 is 14.3 Å². The fourth-order valence-electron chi connectivity index (χ4n) is 1.60. The van der Waals surface area contributed by atoms with Gasteiger partial charge in [-0.15, -0.1) is 10.1 Å². The molecule has 11 nitrogen and oxygen atoms in total. The summed E-state index contributed by atoms with van der Waals surface area (Å²) >= 11 is 1.23. The molecule has 0 amide bonds. The maximum atomic E-state index is 11.7. The van der Waals surface area contributed by atoms with E-state index in [1.807, 2.05) is 0 Å². The predicted octanol–water partition coefficient (Wildman–Crippen LogP) is 1.10. The van der Waals surface area contributed by atoms with Gasteiger partial charge in [0.15, 0.2) is 5.75 Å². The van der Waals surface area contributed by atoms with Crippen LogP contribution in [-0.4, -0.2) is 48.1 Å². The molecule has 0 saturated carbocycles. The van der Waals surface area contributed by atoms with Crippen LogP contribution in [0.4, 0.5) is 0 Å². The quantitative estimate of drug-likeness (QED) is 0.147. The topological polar surface area (TPSA) is 159 Å².